The second kappa shape index (κ2) is 13.0. The lowest BCUT2D eigenvalue weighted by Crippen LogP contribution is -2.63. The Labute approximate surface area is 222 Å². The first-order chi connectivity index (χ1) is 18.5. The molecule has 218 valence electrons. The van der Waals surface area contributed by atoms with Crippen molar-refractivity contribution in [2.45, 2.75) is 61.7 Å². The predicted octanol–water partition coefficient (Wildman–Crippen LogP) is -2.85. The van der Waals surface area contributed by atoms with E-state index < -0.39 is 86.6 Å². The summed E-state index contributed by atoms with van der Waals surface area (Å²) in [6.07, 6.45) is -11.4. The maximum atomic E-state index is 12.7. The minimum absolute atomic E-state index is 0.126. The van der Waals surface area contributed by atoms with Crippen LogP contribution in [0.5, 0.6) is 11.5 Å². The fourth-order valence-corrected chi connectivity index (χ4v) is 4.09. The number of phenols is 1. The number of aliphatic hydroxyl groups excluding tert-OH is 6. The number of ether oxygens (including phenoxy) is 6. The SMILES string of the molecule is COc1cc(C=CC(=O)OC2C(O)C(CO)OC2(COC(C)=O)OC2OC(CO)C(O)C(O)C2O)ccc1O. The lowest BCUT2D eigenvalue weighted by atomic mass is 9.99. The molecule has 9 atom stereocenters. The van der Waals surface area contributed by atoms with Gasteiger partial charge in [0.15, 0.2) is 23.9 Å². The molecular formula is C24H32O15. The summed E-state index contributed by atoms with van der Waals surface area (Å²) in [5, 5.41) is 70.3. The van der Waals surface area contributed by atoms with Crippen LogP contribution in [0.4, 0.5) is 0 Å². The van der Waals surface area contributed by atoms with Gasteiger partial charge in [0.2, 0.25) is 5.79 Å². The lowest BCUT2D eigenvalue weighted by Gasteiger charge is -2.43. The van der Waals surface area contributed by atoms with Crippen LogP contribution in [0.2, 0.25) is 0 Å². The van der Waals surface area contributed by atoms with Crippen LogP contribution in [0.25, 0.3) is 6.08 Å². The number of methoxy groups -OCH3 is 1. The second-order valence-electron chi connectivity index (χ2n) is 8.86. The number of rotatable bonds is 10. The smallest absolute Gasteiger partial charge is 0.331 e. The second-order valence-corrected chi connectivity index (χ2v) is 8.86. The molecule has 2 saturated heterocycles. The molecule has 0 aliphatic carbocycles. The molecule has 0 spiro atoms. The van der Waals surface area contributed by atoms with Gasteiger partial charge in [0, 0.05) is 13.0 Å². The van der Waals surface area contributed by atoms with Crippen molar-refractivity contribution in [3.63, 3.8) is 0 Å². The molecule has 15 nitrogen and oxygen atoms in total. The largest absolute Gasteiger partial charge is 0.504 e. The van der Waals surface area contributed by atoms with Crippen molar-refractivity contribution in [2.24, 2.45) is 0 Å². The van der Waals surface area contributed by atoms with Crippen molar-refractivity contribution in [2.75, 3.05) is 26.9 Å². The molecule has 0 radical (unpaired) electrons. The average Bonchev–Trinajstić information content (AvgIpc) is 3.17. The van der Waals surface area contributed by atoms with E-state index >= 15 is 0 Å². The molecule has 0 bridgehead atoms. The minimum Gasteiger partial charge on any atom is -0.504 e. The number of carbonyl (C=O) groups is 2. The number of aromatic hydroxyl groups is 1. The van der Waals surface area contributed by atoms with Crippen LogP contribution in [0.1, 0.15) is 12.5 Å². The fourth-order valence-electron chi connectivity index (χ4n) is 4.09. The first kappa shape index (κ1) is 30.7. The number of phenolic OH excluding ortho intramolecular Hbond substituents is 1. The van der Waals surface area contributed by atoms with Gasteiger partial charge < -0.3 is 64.2 Å². The van der Waals surface area contributed by atoms with Crippen LogP contribution in [0.3, 0.4) is 0 Å². The Hall–Kier alpha value is -2.86. The normalized spacial score (nSPS) is 34.7. The van der Waals surface area contributed by atoms with E-state index in [4.69, 9.17) is 28.4 Å². The van der Waals surface area contributed by atoms with E-state index in [9.17, 15) is 45.3 Å². The molecule has 2 aliphatic rings. The van der Waals surface area contributed by atoms with Crippen LogP contribution in [-0.2, 0) is 33.3 Å². The molecule has 39 heavy (non-hydrogen) atoms. The van der Waals surface area contributed by atoms with Crippen LogP contribution >= 0.6 is 0 Å². The molecule has 0 amide bonds. The van der Waals surface area contributed by atoms with Crippen LogP contribution in [-0.4, -0.2) is 129 Å². The Morgan fingerprint density at radius 1 is 1.03 bits per heavy atom. The molecule has 0 saturated carbocycles. The summed E-state index contributed by atoms with van der Waals surface area (Å²) in [6, 6.07) is 4.24. The average molecular weight is 561 g/mol. The van der Waals surface area contributed by atoms with E-state index in [-0.39, 0.29) is 11.5 Å². The molecule has 2 heterocycles. The number of benzene rings is 1. The summed E-state index contributed by atoms with van der Waals surface area (Å²) in [5.74, 6) is -4.23. The van der Waals surface area contributed by atoms with Gasteiger partial charge in [0.25, 0.3) is 0 Å². The Morgan fingerprint density at radius 2 is 1.72 bits per heavy atom. The van der Waals surface area contributed by atoms with Crippen molar-refractivity contribution in [1.29, 1.82) is 0 Å². The number of aliphatic hydroxyl groups is 6. The van der Waals surface area contributed by atoms with E-state index in [2.05, 4.69) is 0 Å². The van der Waals surface area contributed by atoms with Crippen LogP contribution < -0.4 is 4.74 Å². The maximum Gasteiger partial charge on any atom is 0.331 e. The third-order valence-electron chi connectivity index (χ3n) is 6.15. The zero-order chi connectivity index (χ0) is 28.9. The number of esters is 2. The first-order valence-corrected chi connectivity index (χ1v) is 11.8. The van der Waals surface area contributed by atoms with Gasteiger partial charge >= 0.3 is 11.9 Å². The van der Waals surface area contributed by atoms with Crippen LogP contribution in [0, 0.1) is 0 Å². The standard InChI is InChI=1S/C24H32O15/c1-11(27)35-10-24(39-23-21(33)20(32)18(30)15(8-25)36-23)22(19(31)16(9-26)38-24)37-17(29)6-4-12-3-5-13(28)14(7-12)34-2/h3-7,15-16,18-23,25-26,28,30-33H,8-10H2,1-2H3. The highest BCUT2D eigenvalue weighted by Gasteiger charge is 2.61. The summed E-state index contributed by atoms with van der Waals surface area (Å²) >= 11 is 0. The van der Waals surface area contributed by atoms with Gasteiger partial charge in [0.1, 0.15) is 43.2 Å². The molecule has 15 heteroatoms. The number of carbonyl (C=O) groups excluding carboxylic acids is 2. The van der Waals surface area contributed by atoms with Gasteiger partial charge in [-0.3, -0.25) is 4.79 Å². The number of hydrogen-bond acceptors (Lipinski definition) is 15. The van der Waals surface area contributed by atoms with Gasteiger partial charge in [-0.2, -0.15) is 0 Å². The summed E-state index contributed by atoms with van der Waals surface area (Å²) in [7, 11) is 1.34. The van der Waals surface area contributed by atoms with Crippen molar-refractivity contribution >= 4 is 18.0 Å². The van der Waals surface area contributed by atoms with Gasteiger partial charge in [-0.15, -0.1) is 0 Å². The summed E-state index contributed by atoms with van der Waals surface area (Å²) in [5.41, 5.74) is 0.432. The third-order valence-corrected chi connectivity index (χ3v) is 6.15. The third kappa shape index (κ3) is 6.84. The molecule has 2 fully saturated rings. The van der Waals surface area contributed by atoms with Gasteiger partial charge in [-0.1, -0.05) is 6.07 Å². The van der Waals surface area contributed by atoms with E-state index in [1.165, 1.54) is 31.4 Å². The summed E-state index contributed by atoms with van der Waals surface area (Å²) in [6.45, 7) is -1.36. The minimum atomic E-state index is -2.38. The summed E-state index contributed by atoms with van der Waals surface area (Å²) in [4.78, 5) is 24.4. The van der Waals surface area contributed by atoms with E-state index in [0.717, 1.165) is 13.0 Å². The molecule has 7 N–H and O–H groups in total. The highest BCUT2D eigenvalue weighted by Crippen LogP contribution is 2.38. The van der Waals surface area contributed by atoms with E-state index in [0.29, 0.717) is 5.56 Å². The zero-order valence-electron chi connectivity index (χ0n) is 21.0. The van der Waals surface area contributed by atoms with Gasteiger partial charge in [-0.25, -0.2) is 4.79 Å². The predicted molar refractivity (Wildman–Crippen MR) is 126 cm³/mol. The van der Waals surface area contributed by atoms with Gasteiger partial charge in [-0.05, 0) is 23.8 Å². The topological polar surface area (TPSA) is 231 Å². The maximum absolute atomic E-state index is 12.7. The Balaban J connectivity index is 1.90. The van der Waals surface area contributed by atoms with E-state index in [1.54, 1.807) is 0 Å². The van der Waals surface area contributed by atoms with Gasteiger partial charge in [0.05, 0.1) is 20.3 Å². The van der Waals surface area contributed by atoms with Crippen molar-refractivity contribution in [1.82, 2.24) is 0 Å². The molecule has 9 unspecified atom stereocenters. The quantitative estimate of drug-likeness (QED) is 0.113. The highest BCUT2D eigenvalue weighted by atomic mass is 16.8. The zero-order valence-corrected chi connectivity index (χ0v) is 21.0. The molecule has 3 rings (SSSR count). The van der Waals surface area contributed by atoms with Crippen LogP contribution in [0.15, 0.2) is 24.3 Å². The molecule has 1 aromatic rings. The molecule has 2 aliphatic heterocycles. The lowest BCUT2D eigenvalue weighted by molar-refractivity contribution is -0.383. The molecule has 0 aromatic heterocycles. The monoisotopic (exact) mass is 560 g/mol. The fraction of sp³-hybridized carbons (Fsp3) is 0.583. The first-order valence-electron chi connectivity index (χ1n) is 11.8. The Kier molecular flexibility index (Phi) is 10.2. The highest BCUT2D eigenvalue weighted by molar-refractivity contribution is 5.87. The Morgan fingerprint density at radius 3 is 2.33 bits per heavy atom. The van der Waals surface area contributed by atoms with E-state index in [1.807, 2.05) is 0 Å². The Bertz CT molecular complexity index is 1030. The summed E-state index contributed by atoms with van der Waals surface area (Å²) < 4.78 is 32.0. The number of hydrogen-bond donors (Lipinski definition) is 7. The van der Waals surface area contributed by atoms with Crippen molar-refractivity contribution in [3.8, 4) is 11.5 Å². The molecule has 1 aromatic carbocycles. The molecular weight excluding hydrogens is 528 g/mol. The van der Waals surface area contributed by atoms with Crippen molar-refractivity contribution < 1.29 is 73.8 Å². The van der Waals surface area contributed by atoms with Crippen molar-refractivity contribution in [3.05, 3.63) is 29.8 Å².